The summed E-state index contributed by atoms with van der Waals surface area (Å²) in [6, 6.07) is 24.8. The molecule has 0 saturated heterocycles. The molecule has 0 bridgehead atoms. The second-order valence-electron chi connectivity index (χ2n) is 7.32. The summed E-state index contributed by atoms with van der Waals surface area (Å²) >= 11 is 0. The van der Waals surface area contributed by atoms with E-state index in [1.165, 1.54) is 27.1 Å². The topological polar surface area (TPSA) is 12.9 Å². The number of benzene rings is 3. The van der Waals surface area contributed by atoms with Crippen molar-refractivity contribution >= 4 is 21.5 Å². The predicted molar refractivity (Wildman–Crippen MR) is 102 cm³/mol. The average Bonchev–Trinajstić information content (AvgIpc) is 2.60. The van der Waals surface area contributed by atoms with Crippen molar-refractivity contribution in [3.8, 4) is 11.3 Å². The molecule has 1 aromatic heterocycles. The smallest absolute Gasteiger partial charge is 0.0163 e. The summed E-state index contributed by atoms with van der Waals surface area (Å²) in [6.07, 6.45) is 1.90. The molecule has 3 aromatic carbocycles. The van der Waals surface area contributed by atoms with Gasteiger partial charge in [-0.1, -0.05) is 74.0 Å². The van der Waals surface area contributed by atoms with Crippen molar-refractivity contribution in [2.24, 2.45) is 0 Å². The third-order valence-electron chi connectivity index (χ3n) is 4.58. The first kappa shape index (κ1) is 17.8. The molecule has 4 rings (SSSR count). The molecule has 1 radical (unpaired) electrons. The first-order valence-corrected chi connectivity index (χ1v) is 8.32. The predicted octanol–water partition coefficient (Wildman–Crippen LogP) is 6.15. The number of pyridine rings is 1. The van der Waals surface area contributed by atoms with Crippen LogP contribution in [0.1, 0.15) is 26.3 Å². The molecule has 0 fully saturated rings. The zero-order valence-electron chi connectivity index (χ0n) is 14.6. The van der Waals surface area contributed by atoms with Crippen LogP contribution in [-0.4, -0.2) is 4.98 Å². The first-order chi connectivity index (χ1) is 11.5. The van der Waals surface area contributed by atoms with Gasteiger partial charge in [-0.2, -0.15) is 0 Å². The third kappa shape index (κ3) is 3.38. The van der Waals surface area contributed by atoms with Gasteiger partial charge in [-0.05, 0) is 28.1 Å². The molecular formula is C23H20IrN-. The Morgan fingerprint density at radius 2 is 1.60 bits per heavy atom. The molecule has 127 valence electrons. The van der Waals surface area contributed by atoms with Crippen LogP contribution in [-0.2, 0) is 25.5 Å². The van der Waals surface area contributed by atoms with Gasteiger partial charge in [-0.25, -0.2) is 0 Å². The first-order valence-electron chi connectivity index (χ1n) is 8.32. The number of rotatable bonds is 1. The van der Waals surface area contributed by atoms with Crippen molar-refractivity contribution < 1.29 is 20.1 Å². The van der Waals surface area contributed by atoms with E-state index in [2.05, 4.69) is 92.5 Å². The van der Waals surface area contributed by atoms with E-state index in [4.69, 9.17) is 0 Å². The fourth-order valence-electron chi connectivity index (χ4n) is 3.14. The van der Waals surface area contributed by atoms with E-state index in [9.17, 15) is 0 Å². The number of hydrogen-bond acceptors (Lipinski definition) is 1. The van der Waals surface area contributed by atoms with Crippen molar-refractivity contribution in [3.05, 3.63) is 78.5 Å². The molecule has 0 aliphatic rings. The summed E-state index contributed by atoms with van der Waals surface area (Å²) in [4.78, 5) is 4.56. The SMILES string of the molecule is CC(C)(C)c1ccnc(-c2[c-]cc3c(ccc4ccccc43)c2)c1.[Ir]. The summed E-state index contributed by atoms with van der Waals surface area (Å²) in [5.74, 6) is 0. The second-order valence-corrected chi connectivity index (χ2v) is 7.32. The zero-order valence-corrected chi connectivity index (χ0v) is 17.0. The van der Waals surface area contributed by atoms with Gasteiger partial charge in [0, 0.05) is 26.3 Å². The van der Waals surface area contributed by atoms with Crippen LogP contribution in [0.5, 0.6) is 0 Å². The Morgan fingerprint density at radius 1 is 0.840 bits per heavy atom. The van der Waals surface area contributed by atoms with Gasteiger partial charge in [0.25, 0.3) is 0 Å². The van der Waals surface area contributed by atoms with Crippen LogP contribution >= 0.6 is 0 Å². The molecule has 25 heavy (non-hydrogen) atoms. The van der Waals surface area contributed by atoms with Crippen LogP contribution in [0.25, 0.3) is 32.8 Å². The number of hydrogen-bond donors (Lipinski definition) is 0. The molecule has 0 N–H and O–H groups in total. The molecule has 1 nitrogen and oxygen atoms in total. The van der Waals surface area contributed by atoms with Gasteiger partial charge in [0.15, 0.2) is 0 Å². The number of aromatic nitrogens is 1. The van der Waals surface area contributed by atoms with E-state index in [-0.39, 0.29) is 25.5 Å². The number of nitrogens with zero attached hydrogens (tertiary/aromatic N) is 1. The van der Waals surface area contributed by atoms with Crippen molar-refractivity contribution in [3.63, 3.8) is 0 Å². The Labute approximate surface area is 162 Å². The van der Waals surface area contributed by atoms with Crippen LogP contribution in [0.15, 0.2) is 66.9 Å². The summed E-state index contributed by atoms with van der Waals surface area (Å²) in [6.45, 7) is 6.67. The second kappa shape index (κ2) is 6.71. The molecule has 0 spiro atoms. The molecule has 4 aromatic rings. The Hall–Kier alpha value is -2.02. The van der Waals surface area contributed by atoms with E-state index in [0.717, 1.165) is 11.3 Å². The van der Waals surface area contributed by atoms with Gasteiger partial charge < -0.3 is 4.98 Å². The van der Waals surface area contributed by atoms with Crippen LogP contribution in [0, 0.1) is 6.07 Å². The maximum Gasteiger partial charge on any atom is 0.0163 e. The van der Waals surface area contributed by atoms with Gasteiger partial charge in [0.05, 0.1) is 0 Å². The van der Waals surface area contributed by atoms with Crippen LogP contribution < -0.4 is 0 Å². The minimum absolute atomic E-state index is 0. The Bertz CT molecular complexity index is 1040. The van der Waals surface area contributed by atoms with Gasteiger partial charge >= 0.3 is 0 Å². The Morgan fingerprint density at radius 3 is 2.40 bits per heavy atom. The van der Waals surface area contributed by atoms with Crippen LogP contribution in [0.3, 0.4) is 0 Å². The van der Waals surface area contributed by atoms with Crippen molar-refractivity contribution in [1.29, 1.82) is 0 Å². The van der Waals surface area contributed by atoms with E-state index in [1.54, 1.807) is 0 Å². The van der Waals surface area contributed by atoms with E-state index in [0.29, 0.717) is 0 Å². The van der Waals surface area contributed by atoms with Crippen LogP contribution in [0.4, 0.5) is 0 Å². The molecular weight excluding hydrogens is 482 g/mol. The van der Waals surface area contributed by atoms with Crippen molar-refractivity contribution in [2.45, 2.75) is 26.2 Å². The van der Waals surface area contributed by atoms with E-state index < -0.39 is 0 Å². The summed E-state index contributed by atoms with van der Waals surface area (Å²) in [7, 11) is 0. The van der Waals surface area contributed by atoms with Gasteiger partial charge in [0.2, 0.25) is 0 Å². The monoisotopic (exact) mass is 503 g/mol. The van der Waals surface area contributed by atoms with Gasteiger partial charge in [-0.15, -0.1) is 29.1 Å². The third-order valence-corrected chi connectivity index (χ3v) is 4.58. The average molecular weight is 503 g/mol. The fraction of sp³-hybridized carbons (Fsp3) is 0.174. The van der Waals surface area contributed by atoms with E-state index in [1.807, 2.05) is 6.20 Å². The zero-order chi connectivity index (χ0) is 16.7. The maximum atomic E-state index is 4.56. The van der Waals surface area contributed by atoms with Gasteiger partial charge in [0.1, 0.15) is 0 Å². The summed E-state index contributed by atoms with van der Waals surface area (Å²) in [5.41, 5.74) is 3.44. The Balaban J connectivity index is 0.00000182. The van der Waals surface area contributed by atoms with E-state index >= 15 is 0 Å². The Kier molecular flexibility index (Phi) is 4.77. The standard InChI is InChI=1S/C23H20N.Ir/c1-23(2,3)19-12-13-24-22(15-19)18-10-11-21-17(14-18)9-8-16-6-4-5-7-20(16)21;/h4-9,11-15H,1-3H3;/q-1;. The maximum absolute atomic E-state index is 4.56. The largest absolute Gasteiger partial charge is 0.305 e. The molecule has 2 heteroatoms. The quantitative estimate of drug-likeness (QED) is 0.225. The molecule has 0 amide bonds. The normalized spacial score (nSPS) is 11.5. The molecule has 0 unspecified atom stereocenters. The van der Waals surface area contributed by atoms with Gasteiger partial charge in [-0.3, -0.25) is 0 Å². The fourth-order valence-corrected chi connectivity index (χ4v) is 3.14. The van der Waals surface area contributed by atoms with Crippen molar-refractivity contribution in [2.75, 3.05) is 0 Å². The molecule has 0 atom stereocenters. The summed E-state index contributed by atoms with van der Waals surface area (Å²) < 4.78 is 0. The summed E-state index contributed by atoms with van der Waals surface area (Å²) in [5, 5.41) is 5.00. The van der Waals surface area contributed by atoms with Crippen molar-refractivity contribution in [1.82, 2.24) is 4.98 Å². The minimum Gasteiger partial charge on any atom is -0.305 e. The minimum atomic E-state index is 0. The molecule has 0 aliphatic heterocycles. The number of fused-ring (bicyclic) bond motifs is 3. The molecule has 1 heterocycles. The van der Waals surface area contributed by atoms with Crippen LogP contribution in [0.2, 0.25) is 0 Å². The molecule has 0 aliphatic carbocycles. The molecule has 0 saturated carbocycles.